The van der Waals surface area contributed by atoms with Gasteiger partial charge < -0.3 is 10.1 Å². The molecule has 0 saturated heterocycles. The largest absolute Gasteiger partial charge is 0.484 e. The third-order valence-electron chi connectivity index (χ3n) is 4.98. The molecule has 0 heterocycles. The summed E-state index contributed by atoms with van der Waals surface area (Å²) in [6, 6.07) is 28.0. The van der Waals surface area contributed by atoms with E-state index in [1.54, 1.807) is 0 Å². The molecule has 134 valence electrons. The lowest BCUT2D eigenvalue weighted by molar-refractivity contribution is 0.172. The Bertz CT molecular complexity index is 832. The van der Waals surface area contributed by atoms with E-state index in [2.05, 4.69) is 84.2 Å². The maximum absolute atomic E-state index is 6.35. The van der Waals surface area contributed by atoms with Crippen LogP contribution in [0.2, 0.25) is 0 Å². The molecule has 4 rings (SSSR count). The molecule has 1 aliphatic carbocycles. The highest BCUT2D eigenvalue weighted by Crippen LogP contribution is 2.35. The van der Waals surface area contributed by atoms with Gasteiger partial charge >= 0.3 is 0 Å². The maximum atomic E-state index is 6.35. The van der Waals surface area contributed by atoms with Crippen molar-refractivity contribution in [1.82, 2.24) is 5.32 Å². The molecule has 0 saturated carbocycles. The molecule has 0 spiro atoms. The lowest BCUT2D eigenvalue weighted by Gasteiger charge is -2.22. The molecular weight excluding hydrogens is 342 g/mol. The van der Waals surface area contributed by atoms with Gasteiger partial charge in [-0.2, -0.15) is 0 Å². The monoisotopic (exact) mass is 365 g/mol. The van der Waals surface area contributed by atoms with Crippen molar-refractivity contribution in [2.45, 2.75) is 25.0 Å². The van der Waals surface area contributed by atoms with Crippen molar-refractivity contribution < 1.29 is 4.74 Å². The molecule has 26 heavy (non-hydrogen) atoms. The van der Waals surface area contributed by atoms with Crippen molar-refractivity contribution in [2.75, 3.05) is 7.05 Å². The molecule has 3 heteroatoms. The fraction of sp³-hybridized carbons (Fsp3) is 0.217. The second-order valence-corrected chi connectivity index (χ2v) is 6.64. The SMILES string of the molecule is CN[C@H]1Cc2ccccc2[C@H]1Oc1ccc(Cc2ccccc2)cc1.Cl. The van der Waals surface area contributed by atoms with Crippen LogP contribution < -0.4 is 10.1 Å². The summed E-state index contributed by atoms with van der Waals surface area (Å²) in [6.45, 7) is 0. The van der Waals surface area contributed by atoms with Gasteiger partial charge in [0.1, 0.15) is 11.9 Å². The fourth-order valence-electron chi connectivity index (χ4n) is 3.62. The van der Waals surface area contributed by atoms with Gasteiger partial charge in [-0.25, -0.2) is 0 Å². The third kappa shape index (κ3) is 3.92. The number of nitrogens with one attached hydrogen (secondary N) is 1. The lowest BCUT2D eigenvalue weighted by atomic mass is 10.1. The fourth-order valence-corrected chi connectivity index (χ4v) is 3.62. The molecule has 3 aromatic carbocycles. The van der Waals surface area contributed by atoms with E-state index in [1.165, 1.54) is 22.3 Å². The second-order valence-electron chi connectivity index (χ2n) is 6.64. The summed E-state index contributed by atoms with van der Waals surface area (Å²) < 4.78 is 6.35. The lowest BCUT2D eigenvalue weighted by Crippen LogP contribution is -2.32. The van der Waals surface area contributed by atoms with Crippen LogP contribution in [0.1, 0.15) is 28.4 Å². The number of ether oxygens (including phenoxy) is 1. The summed E-state index contributed by atoms with van der Waals surface area (Å²) in [5.74, 6) is 0.929. The minimum atomic E-state index is 0. The van der Waals surface area contributed by atoms with E-state index < -0.39 is 0 Å². The zero-order valence-corrected chi connectivity index (χ0v) is 15.7. The highest BCUT2D eigenvalue weighted by molar-refractivity contribution is 5.85. The summed E-state index contributed by atoms with van der Waals surface area (Å²) in [4.78, 5) is 0. The third-order valence-corrected chi connectivity index (χ3v) is 4.98. The Balaban J connectivity index is 0.00000196. The van der Waals surface area contributed by atoms with Gasteiger partial charge in [0.15, 0.2) is 0 Å². The van der Waals surface area contributed by atoms with Gasteiger partial charge in [0.2, 0.25) is 0 Å². The molecule has 0 amide bonds. The summed E-state index contributed by atoms with van der Waals surface area (Å²) in [5.41, 5.74) is 5.31. The van der Waals surface area contributed by atoms with Crippen LogP contribution in [0.5, 0.6) is 5.75 Å². The molecular formula is C23H24ClNO. The van der Waals surface area contributed by atoms with Crippen LogP contribution in [-0.2, 0) is 12.8 Å². The van der Waals surface area contributed by atoms with Crippen LogP contribution in [0.3, 0.4) is 0 Å². The van der Waals surface area contributed by atoms with Gasteiger partial charge in [0.05, 0.1) is 6.04 Å². The van der Waals surface area contributed by atoms with E-state index in [9.17, 15) is 0 Å². The zero-order chi connectivity index (χ0) is 17.1. The van der Waals surface area contributed by atoms with Crippen molar-refractivity contribution in [3.05, 3.63) is 101 Å². The molecule has 0 aromatic heterocycles. The Morgan fingerprint density at radius 3 is 2.23 bits per heavy atom. The summed E-state index contributed by atoms with van der Waals surface area (Å²) >= 11 is 0. The number of benzene rings is 3. The quantitative estimate of drug-likeness (QED) is 0.689. The van der Waals surface area contributed by atoms with E-state index in [1.807, 2.05) is 7.05 Å². The van der Waals surface area contributed by atoms with Crippen LogP contribution in [-0.4, -0.2) is 13.1 Å². The molecule has 1 N–H and O–H groups in total. The summed E-state index contributed by atoms with van der Waals surface area (Å²) in [6.07, 6.45) is 2.04. The topological polar surface area (TPSA) is 21.3 Å². The van der Waals surface area contributed by atoms with Gasteiger partial charge in [0, 0.05) is 0 Å². The maximum Gasteiger partial charge on any atom is 0.140 e. The van der Waals surface area contributed by atoms with Gasteiger partial charge in [-0.15, -0.1) is 12.4 Å². The van der Waals surface area contributed by atoms with Crippen molar-refractivity contribution in [1.29, 1.82) is 0 Å². The van der Waals surface area contributed by atoms with E-state index in [-0.39, 0.29) is 18.5 Å². The van der Waals surface area contributed by atoms with Crippen LogP contribution in [0.25, 0.3) is 0 Å². The predicted molar refractivity (Wildman–Crippen MR) is 109 cm³/mol. The van der Waals surface area contributed by atoms with Gasteiger partial charge in [-0.1, -0.05) is 66.7 Å². The Labute approximate surface area is 161 Å². The summed E-state index contributed by atoms with van der Waals surface area (Å²) in [7, 11) is 2.01. The zero-order valence-electron chi connectivity index (χ0n) is 14.9. The molecule has 0 radical (unpaired) electrons. The summed E-state index contributed by atoms with van der Waals surface area (Å²) in [5, 5.41) is 3.40. The Kier molecular flexibility index (Phi) is 5.97. The first-order chi connectivity index (χ1) is 12.3. The van der Waals surface area contributed by atoms with Crippen LogP contribution in [0, 0.1) is 0 Å². The number of likely N-dealkylation sites (N-methyl/N-ethyl adjacent to an activating group) is 1. The predicted octanol–water partition coefficient (Wildman–Crippen LogP) is 4.96. The molecule has 3 aromatic rings. The second kappa shape index (κ2) is 8.39. The van der Waals surface area contributed by atoms with E-state index in [4.69, 9.17) is 4.74 Å². The van der Waals surface area contributed by atoms with Gasteiger partial charge in [-0.3, -0.25) is 0 Å². The minimum absolute atomic E-state index is 0. The van der Waals surface area contributed by atoms with E-state index in [0.29, 0.717) is 6.04 Å². The van der Waals surface area contributed by atoms with Crippen LogP contribution >= 0.6 is 12.4 Å². The van der Waals surface area contributed by atoms with Gasteiger partial charge in [0.25, 0.3) is 0 Å². The molecule has 0 bridgehead atoms. The number of hydrogen-bond donors (Lipinski definition) is 1. The highest BCUT2D eigenvalue weighted by Gasteiger charge is 2.32. The van der Waals surface area contributed by atoms with Crippen LogP contribution in [0.15, 0.2) is 78.9 Å². The average molecular weight is 366 g/mol. The average Bonchev–Trinajstić information content (AvgIpc) is 3.02. The number of rotatable bonds is 5. The molecule has 2 atom stereocenters. The first-order valence-electron chi connectivity index (χ1n) is 8.88. The number of fused-ring (bicyclic) bond motifs is 1. The smallest absolute Gasteiger partial charge is 0.140 e. The Morgan fingerprint density at radius 1 is 0.846 bits per heavy atom. The van der Waals surface area contributed by atoms with Crippen molar-refractivity contribution in [3.8, 4) is 5.75 Å². The standard InChI is InChI=1S/C23H23NO.ClH/c1-24-22-16-19-9-5-6-10-21(19)23(22)25-20-13-11-18(12-14-20)15-17-7-3-2-4-8-17;/h2-14,22-24H,15-16H2,1H3;1H/t22-,23+;/m0./s1. The number of hydrogen-bond acceptors (Lipinski definition) is 2. The Hall–Kier alpha value is -2.29. The highest BCUT2D eigenvalue weighted by atomic mass is 35.5. The molecule has 1 aliphatic rings. The molecule has 2 nitrogen and oxygen atoms in total. The first kappa shape index (κ1) is 18.5. The van der Waals surface area contributed by atoms with Gasteiger partial charge in [-0.05, 0) is 54.3 Å². The normalized spacial score (nSPS) is 18.0. The molecule has 0 fully saturated rings. The molecule has 0 unspecified atom stereocenters. The van der Waals surface area contributed by atoms with Crippen molar-refractivity contribution in [3.63, 3.8) is 0 Å². The Morgan fingerprint density at radius 2 is 1.50 bits per heavy atom. The van der Waals surface area contributed by atoms with E-state index in [0.717, 1.165) is 18.6 Å². The van der Waals surface area contributed by atoms with Crippen LogP contribution in [0.4, 0.5) is 0 Å². The minimum Gasteiger partial charge on any atom is -0.484 e. The van der Waals surface area contributed by atoms with E-state index >= 15 is 0 Å². The van der Waals surface area contributed by atoms with Crippen molar-refractivity contribution in [2.24, 2.45) is 0 Å². The van der Waals surface area contributed by atoms with Crippen molar-refractivity contribution >= 4 is 12.4 Å². The molecule has 0 aliphatic heterocycles. The first-order valence-corrected chi connectivity index (χ1v) is 8.88. The number of halogens is 1.